The molecule has 3 amide bonds. The number of amides is 3. The molecular weight excluding hydrogens is 530 g/mol. The molecule has 0 unspecified atom stereocenters. The van der Waals surface area contributed by atoms with E-state index < -0.39 is 34.4 Å². The van der Waals surface area contributed by atoms with Crippen molar-refractivity contribution in [1.29, 1.82) is 0 Å². The molecule has 9 nitrogen and oxygen atoms in total. The standard InChI is InChI=1S/C30H33N3O6S/c1-3-4-17-31-29(35)26(19-22-11-6-5-7-12-22)32(20-23-13-10-14-24(18-23)39-2)28(34)21-33-30(36)25-15-8-9-16-27(25)40(33,37)38/h5-16,18,26H,3-4,17,19-21H2,1-2H3,(H,31,35)/t26-/m0/s1. The van der Waals surface area contributed by atoms with Gasteiger partial charge >= 0.3 is 0 Å². The first-order valence-electron chi connectivity index (χ1n) is 13.2. The Bertz CT molecular complexity index is 1480. The first-order valence-corrected chi connectivity index (χ1v) is 14.6. The first-order chi connectivity index (χ1) is 19.3. The van der Waals surface area contributed by atoms with Gasteiger partial charge in [-0.1, -0.05) is 67.9 Å². The van der Waals surface area contributed by atoms with Gasteiger partial charge in [0.25, 0.3) is 15.9 Å². The summed E-state index contributed by atoms with van der Waals surface area (Å²) in [7, 11) is -2.68. The van der Waals surface area contributed by atoms with Gasteiger partial charge in [-0.15, -0.1) is 0 Å². The summed E-state index contributed by atoms with van der Waals surface area (Å²) in [5.41, 5.74) is 1.54. The second-order valence-corrected chi connectivity index (χ2v) is 11.4. The molecule has 1 N–H and O–H groups in total. The molecule has 1 aliphatic rings. The predicted octanol–water partition coefficient (Wildman–Crippen LogP) is 3.40. The summed E-state index contributed by atoms with van der Waals surface area (Å²) in [5, 5.41) is 2.92. The Kier molecular flexibility index (Phi) is 9.21. The van der Waals surface area contributed by atoms with Crippen molar-refractivity contribution in [1.82, 2.24) is 14.5 Å². The number of fused-ring (bicyclic) bond motifs is 1. The zero-order valence-electron chi connectivity index (χ0n) is 22.6. The van der Waals surface area contributed by atoms with E-state index in [9.17, 15) is 22.8 Å². The lowest BCUT2D eigenvalue weighted by Gasteiger charge is -2.32. The van der Waals surface area contributed by atoms with Crippen LogP contribution in [0, 0.1) is 0 Å². The van der Waals surface area contributed by atoms with Crippen LogP contribution < -0.4 is 10.1 Å². The van der Waals surface area contributed by atoms with Crippen LogP contribution in [0.25, 0.3) is 0 Å². The SMILES string of the molecule is CCCCNC(=O)[C@H](Cc1ccccc1)N(Cc1cccc(OC)c1)C(=O)CN1C(=O)c2ccccc2S1(=O)=O. The van der Waals surface area contributed by atoms with E-state index in [0.717, 1.165) is 18.4 Å². The van der Waals surface area contributed by atoms with E-state index in [1.165, 1.54) is 30.2 Å². The second-order valence-electron chi connectivity index (χ2n) is 9.54. The second kappa shape index (κ2) is 12.8. The Morgan fingerprint density at radius 2 is 1.68 bits per heavy atom. The van der Waals surface area contributed by atoms with Gasteiger partial charge in [0.05, 0.1) is 12.7 Å². The molecule has 0 bridgehead atoms. The van der Waals surface area contributed by atoms with Crippen molar-refractivity contribution >= 4 is 27.7 Å². The van der Waals surface area contributed by atoms with Crippen LogP contribution in [0.1, 0.15) is 41.3 Å². The lowest BCUT2D eigenvalue weighted by molar-refractivity contribution is -0.141. The quantitative estimate of drug-likeness (QED) is 0.338. The Morgan fingerprint density at radius 1 is 0.975 bits per heavy atom. The molecule has 0 aliphatic carbocycles. The molecule has 1 atom stereocenters. The van der Waals surface area contributed by atoms with Gasteiger partial charge in [-0.25, -0.2) is 12.7 Å². The molecule has 0 saturated heterocycles. The molecule has 0 fully saturated rings. The van der Waals surface area contributed by atoms with Gasteiger partial charge in [0.1, 0.15) is 23.2 Å². The maximum atomic E-state index is 14.0. The fourth-order valence-corrected chi connectivity index (χ4v) is 6.15. The Labute approximate surface area is 234 Å². The minimum Gasteiger partial charge on any atom is -0.497 e. The van der Waals surface area contributed by atoms with Gasteiger partial charge in [0.15, 0.2) is 0 Å². The number of hydrogen-bond donors (Lipinski definition) is 1. The summed E-state index contributed by atoms with van der Waals surface area (Å²) < 4.78 is 32.3. The molecule has 0 saturated carbocycles. The lowest BCUT2D eigenvalue weighted by atomic mass is 10.0. The van der Waals surface area contributed by atoms with Crippen molar-refractivity contribution in [2.75, 3.05) is 20.2 Å². The highest BCUT2D eigenvalue weighted by Gasteiger charge is 2.43. The van der Waals surface area contributed by atoms with Crippen molar-refractivity contribution in [2.24, 2.45) is 0 Å². The molecule has 0 radical (unpaired) electrons. The predicted molar refractivity (Wildman–Crippen MR) is 150 cm³/mol. The first kappa shape index (κ1) is 28.8. The summed E-state index contributed by atoms with van der Waals surface area (Å²) in [4.78, 5) is 41.8. The van der Waals surface area contributed by atoms with Crippen LogP contribution in [0.15, 0.2) is 83.8 Å². The Balaban J connectivity index is 1.70. The molecular formula is C30H33N3O6S. The number of hydrogen-bond acceptors (Lipinski definition) is 6. The number of unbranched alkanes of at least 4 members (excludes halogenated alkanes) is 1. The Hall–Kier alpha value is -4.18. The number of nitrogens with zero attached hydrogens (tertiary/aromatic N) is 2. The van der Waals surface area contributed by atoms with E-state index in [1.807, 2.05) is 37.3 Å². The van der Waals surface area contributed by atoms with Gasteiger partial charge in [0, 0.05) is 19.5 Å². The van der Waals surface area contributed by atoms with Crippen LogP contribution in [-0.2, 0) is 32.6 Å². The van der Waals surface area contributed by atoms with E-state index in [-0.39, 0.29) is 29.3 Å². The van der Waals surface area contributed by atoms with Gasteiger partial charge < -0.3 is 15.0 Å². The fraction of sp³-hybridized carbons (Fsp3) is 0.300. The van der Waals surface area contributed by atoms with Crippen LogP contribution in [0.4, 0.5) is 0 Å². The molecule has 3 aromatic carbocycles. The van der Waals surface area contributed by atoms with Gasteiger partial charge in [-0.2, -0.15) is 0 Å². The Morgan fingerprint density at radius 3 is 2.38 bits per heavy atom. The van der Waals surface area contributed by atoms with Crippen LogP contribution >= 0.6 is 0 Å². The number of benzene rings is 3. The highest BCUT2D eigenvalue weighted by molar-refractivity contribution is 7.90. The van der Waals surface area contributed by atoms with E-state index >= 15 is 0 Å². The lowest BCUT2D eigenvalue weighted by Crippen LogP contribution is -2.53. The summed E-state index contributed by atoms with van der Waals surface area (Å²) >= 11 is 0. The van der Waals surface area contributed by atoms with Crippen molar-refractivity contribution in [3.8, 4) is 5.75 Å². The maximum Gasteiger partial charge on any atom is 0.269 e. The molecule has 40 heavy (non-hydrogen) atoms. The van der Waals surface area contributed by atoms with Crippen LogP contribution in [0.5, 0.6) is 5.75 Å². The largest absolute Gasteiger partial charge is 0.497 e. The van der Waals surface area contributed by atoms with Gasteiger partial charge in [0.2, 0.25) is 11.8 Å². The summed E-state index contributed by atoms with van der Waals surface area (Å²) in [6, 6.07) is 21.3. The number of carbonyl (C=O) groups excluding carboxylic acids is 3. The van der Waals surface area contributed by atoms with Crippen molar-refractivity contribution in [3.05, 3.63) is 95.6 Å². The van der Waals surface area contributed by atoms with Gasteiger partial charge in [-0.05, 0) is 41.8 Å². The summed E-state index contributed by atoms with van der Waals surface area (Å²) in [6.07, 6.45) is 1.85. The number of carbonyl (C=O) groups is 3. The zero-order chi connectivity index (χ0) is 28.7. The number of ether oxygens (including phenoxy) is 1. The molecule has 0 spiro atoms. The van der Waals surface area contributed by atoms with Crippen molar-refractivity contribution < 1.29 is 27.5 Å². The normalized spacial score (nSPS) is 14.3. The average Bonchev–Trinajstić information content (AvgIpc) is 3.16. The number of methoxy groups -OCH3 is 1. The van der Waals surface area contributed by atoms with Crippen LogP contribution in [-0.4, -0.2) is 61.6 Å². The monoisotopic (exact) mass is 563 g/mol. The van der Waals surface area contributed by atoms with E-state index in [2.05, 4.69) is 5.32 Å². The van der Waals surface area contributed by atoms with Gasteiger partial charge in [-0.3, -0.25) is 14.4 Å². The summed E-state index contributed by atoms with van der Waals surface area (Å²) in [6.45, 7) is 1.73. The highest BCUT2D eigenvalue weighted by atomic mass is 32.2. The van der Waals surface area contributed by atoms with Crippen LogP contribution in [0.2, 0.25) is 0 Å². The van der Waals surface area contributed by atoms with E-state index in [0.29, 0.717) is 22.2 Å². The van der Waals surface area contributed by atoms with E-state index in [4.69, 9.17) is 4.74 Å². The number of sulfonamides is 1. The van der Waals surface area contributed by atoms with Crippen LogP contribution in [0.3, 0.4) is 0 Å². The topological polar surface area (TPSA) is 113 Å². The molecule has 1 heterocycles. The minimum absolute atomic E-state index is 0.00373. The highest BCUT2D eigenvalue weighted by Crippen LogP contribution is 2.30. The molecule has 1 aliphatic heterocycles. The maximum absolute atomic E-state index is 14.0. The minimum atomic E-state index is -4.21. The molecule has 10 heteroatoms. The number of nitrogens with one attached hydrogen (secondary N) is 1. The number of rotatable bonds is 12. The third-order valence-corrected chi connectivity index (χ3v) is 8.57. The fourth-order valence-electron chi connectivity index (χ4n) is 4.63. The van der Waals surface area contributed by atoms with Crippen molar-refractivity contribution in [2.45, 2.75) is 43.7 Å². The molecule has 0 aromatic heterocycles. The molecule has 210 valence electrons. The molecule has 4 rings (SSSR count). The van der Waals surface area contributed by atoms with E-state index in [1.54, 1.807) is 30.3 Å². The zero-order valence-corrected chi connectivity index (χ0v) is 23.4. The third-order valence-electron chi connectivity index (χ3n) is 6.78. The van der Waals surface area contributed by atoms with Crippen molar-refractivity contribution in [3.63, 3.8) is 0 Å². The summed E-state index contributed by atoms with van der Waals surface area (Å²) in [5.74, 6) is -1.21. The smallest absolute Gasteiger partial charge is 0.269 e. The molecule has 3 aromatic rings. The third kappa shape index (κ3) is 6.34. The average molecular weight is 564 g/mol.